The molecule has 0 amide bonds. The van der Waals surface area contributed by atoms with Gasteiger partial charge in [0.1, 0.15) is 25.0 Å². The van der Waals surface area contributed by atoms with E-state index in [1.165, 1.54) is 36.0 Å². The van der Waals surface area contributed by atoms with Crippen LogP contribution in [0.5, 0.6) is 0 Å². The van der Waals surface area contributed by atoms with Crippen LogP contribution in [0.1, 0.15) is 5.56 Å². The predicted molar refractivity (Wildman–Crippen MR) is 94.4 cm³/mol. The highest BCUT2D eigenvalue weighted by atomic mass is 32.2. The average Bonchev–Trinajstić information content (AvgIpc) is 2.65. The summed E-state index contributed by atoms with van der Waals surface area (Å²) in [6, 6.07) is 13.7. The van der Waals surface area contributed by atoms with Crippen molar-refractivity contribution < 1.29 is 22.3 Å². The fourth-order valence-corrected chi connectivity index (χ4v) is 3.84. The molecule has 0 atom stereocenters. The van der Waals surface area contributed by atoms with Crippen molar-refractivity contribution >= 4 is 27.8 Å². The first-order chi connectivity index (χ1) is 12.4. The third-order valence-electron chi connectivity index (χ3n) is 3.14. The van der Waals surface area contributed by atoms with E-state index >= 15 is 0 Å². The van der Waals surface area contributed by atoms with Crippen LogP contribution in [-0.4, -0.2) is 33.3 Å². The van der Waals surface area contributed by atoms with E-state index in [0.717, 1.165) is 0 Å². The van der Waals surface area contributed by atoms with Gasteiger partial charge in [0, 0.05) is 10.6 Å². The van der Waals surface area contributed by atoms with E-state index in [1.807, 2.05) is 0 Å². The average molecular weight is 394 g/mol. The zero-order valence-corrected chi connectivity index (χ0v) is 15.1. The molecule has 0 saturated carbocycles. The normalized spacial score (nSPS) is 10.9. The second-order valence-electron chi connectivity index (χ2n) is 4.93. The molecule has 0 heterocycles. The Kier molecular flexibility index (Phi) is 7.15. The molecule has 2 rings (SSSR count). The number of esters is 1. The number of nitrogens with zero attached hydrogens (tertiary/aromatic N) is 1. The van der Waals surface area contributed by atoms with Gasteiger partial charge in [-0.2, -0.15) is 9.98 Å². The number of benzene rings is 2. The molecule has 2 aromatic carbocycles. The third kappa shape index (κ3) is 5.56. The smallest absolute Gasteiger partial charge is 0.321 e. The summed E-state index contributed by atoms with van der Waals surface area (Å²) >= 11 is 1.19. The molecule has 1 N–H and O–H groups in total. The van der Waals surface area contributed by atoms with Gasteiger partial charge in [0.05, 0.1) is 10.5 Å². The van der Waals surface area contributed by atoms with Gasteiger partial charge in [0.25, 0.3) is 0 Å². The van der Waals surface area contributed by atoms with E-state index in [1.54, 1.807) is 30.3 Å². The Balaban J connectivity index is 1.80. The molecule has 2 aromatic rings. The maximum Gasteiger partial charge on any atom is 0.321 e. The number of carbonyl (C=O) groups is 1. The predicted octanol–water partition coefficient (Wildman–Crippen LogP) is 2.31. The number of thioether (sulfide) groups is 1. The van der Waals surface area contributed by atoms with E-state index in [2.05, 4.69) is 4.72 Å². The zero-order chi connectivity index (χ0) is 19.0. The molecule has 0 aliphatic heterocycles. The first kappa shape index (κ1) is 19.9. The summed E-state index contributed by atoms with van der Waals surface area (Å²) in [6.07, 6.45) is 0. The molecule has 0 bridgehead atoms. The highest BCUT2D eigenvalue weighted by Crippen LogP contribution is 2.20. The van der Waals surface area contributed by atoms with Gasteiger partial charge in [-0.1, -0.05) is 24.3 Å². The lowest BCUT2D eigenvalue weighted by atomic mass is 10.2. The van der Waals surface area contributed by atoms with Crippen molar-refractivity contribution in [3.8, 4) is 6.07 Å². The molecule has 26 heavy (non-hydrogen) atoms. The summed E-state index contributed by atoms with van der Waals surface area (Å²) in [6.45, 7) is -0.555. The zero-order valence-electron chi connectivity index (χ0n) is 13.5. The second kappa shape index (κ2) is 9.33. The minimum Gasteiger partial charge on any atom is -0.464 e. The number of ether oxygens (including phenoxy) is 1. The molecule has 136 valence electrons. The number of nitriles is 1. The van der Waals surface area contributed by atoms with Gasteiger partial charge in [0.2, 0.25) is 10.0 Å². The van der Waals surface area contributed by atoms with Crippen LogP contribution in [-0.2, 0) is 19.6 Å². The van der Waals surface area contributed by atoms with Gasteiger partial charge in [-0.3, -0.25) is 4.79 Å². The highest BCUT2D eigenvalue weighted by molar-refractivity contribution is 7.99. The molecule has 0 aliphatic carbocycles. The van der Waals surface area contributed by atoms with E-state index in [4.69, 9.17) is 10.00 Å². The summed E-state index contributed by atoms with van der Waals surface area (Å²) in [4.78, 5) is 11.9. The fourth-order valence-electron chi connectivity index (χ4n) is 1.94. The third-order valence-corrected chi connectivity index (χ3v) is 5.62. The molecular weight excluding hydrogens is 379 g/mol. The SMILES string of the molecule is N#Cc1ccccc1S(=O)(=O)NCC(=O)OCCSc1ccccc1F. The van der Waals surface area contributed by atoms with Crippen LogP contribution in [0, 0.1) is 17.1 Å². The van der Waals surface area contributed by atoms with Gasteiger partial charge >= 0.3 is 5.97 Å². The Morgan fingerprint density at radius 3 is 2.62 bits per heavy atom. The van der Waals surface area contributed by atoms with Gasteiger partial charge in [-0.05, 0) is 24.3 Å². The number of rotatable bonds is 8. The van der Waals surface area contributed by atoms with E-state index in [-0.39, 0.29) is 22.9 Å². The fraction of sp³-hybridized carbons (Fsp3) is 0.176. The maximum atomic E-state index is 13.4. The highest BCUT2D eigenvalue weighted by Gasteiger charge is 2.19. The van der Waals surface area contributed by atoms with Crippen LogP contribution in [0.15, 0.2) is 58.3 Å². The molecule has 9 heteroatoms. The number of sulfonamides is 1. The lowest BCUT2D eigenvalue weighted by Crippen LogP contribution is -2.31. The summed E-state index contributed by atoms with van der Waals surface area (Å²) in [5.74, 6) is -0.790. The van der Waals surface area contributed by atoms with Gasteiger partial charge in [0.15, 0.2) is 0 Å². The molecule has 0 radical (unpaired) electrons. The Morgan fingerprint density at radius 2 is 1.88 bits per heavy atom. The van der Waals surface area contributed by atoms with Gasteiger partial charge < -0.3 is 4.74 Å². The van der Waals surface area contributed by atoms with Crippen LogP contribution < -0.4 is 4.72 Å². The van der Waals surface area contributed by atoms with E-state index < -0.39 is 22.5 Å². The van der Waals surface area contributed by atoms with Crippen molar-refractivity contribution in [2.75, 3.05) is 18.9 Å². The van der Waals surface area contributed by atoms with Gasteiger partial charge in [-0.25, -0.2) is 12.8 Å². The minimum absolute atomic E-state index is 0.00828. The Hall–Kier alpha value is -2.41. The minimum atomic E-state index is -4.01. The lowest BCUT2D eigenvalue weighted by molar-refractivity contribution is -0.141. The van der Waals surface area contributed by atoms with E-state index in [0.29, 0.717) is 10.6 Å². The van der Waals surface area contributed by atoms with Crippen molar-refractivity contribution in [1.82, 2.24) is 4.72 Å². The van der Waals surface area contributed by atoms with Crippen molar-refractivity contribution in [2.45, 2.75) is 9.79 Å². The Morgan fingerprint density at radius 1 is 1.19 bits per heavy atom. The Labute approximate surface area is 155 Å². The Bertz CT molecular complexity index is 926. The van der Waals surface area contributed by atoms with Crippen molar-refractivity contribution in [3.63, 3.8) is 0 Å². The summed E-state index contributed by atoms with van der Waals surface area (Å²) in [5.41, 5.74) is -0.0188. The first-order valence-electron chi connectivity index (χ1n) is 7.46. The summed E-state index contributed by atoms with van der Waals surface area (Å²) < 4.78 is 44.7. The van der Waals surface area contributed by atoms with Crippen molar-refractivity contribution in [1.29, 1.82) is 5.26 Å². The van der Waals surface area contributed by atoms with Crippen molar-refractivity contribution in [2.24, 2.45) is 0 Å². The number of carbonyl (C=O) groups excluding carboxylic acids is 1. The molecule has 6 nitrogen and oxygen atoms in total. The molecular formula is C17H15FN2O4S2. The van der Waals surface area contributed by atoms with Gasteiger partial charge in [-0.15, -0.1) is 11.8 Å². The molecule has 0 saturated heterocycles. The molecule has 0 unspecified atom stereocenters. The van der Waals surface area contributed by atoms with Crippen LogP contribution >= 0.6 is 11.8 Å². The maximum absolute atomic E-state index is 13.4. The largest absolute Gasteiger partial charge is 0.464 e. The van der Waals surface area contributed by atoms with Crippen LogP contribution in [0.3, 0.4) is 0 Å². The van der Waals surface area contributed by atoms with Crippen molar-refractivity contribution in [3.05, 3.63) is 59.9 Å². The first-order valence-corrected chi connectivity index (χ1v) is 9.92. The second-order valence-corrected chi connectivity index (χ2v) is 7.80. The van der Waals surface area contributed by atoms with Crippen LogP contribution in [0.4, 0.5) is 4.39 Å². The van der Waals surface area contributed by atoms with Crippen LogP contribution in [0.2, 0.25) is 0 Å². The number of hydrogen-bond donors (Lipinski definition) is 1. The summed E-state index contributed by atoms with van der Waals surface area (Å²) in [5, 5.41) is 8.95. The van der Waals surface area contributed by atoms with Crippen LogP contribution in [0.25, 0.3) is 0 Å². The van der Waals surface area contributed by atoms with E-state index in [9.17, 15) is 17.6 Å². The molecule has 0 spiro atoms. The number of halogens is 1. The topological polar surface area (TPSA) is 96.3 Å². The number of hydrogen-bond acceptors (Lipinski definition) is 6. The lowest BCUT2D eigenvalue weighted by Gasteiger charge is -2.08. The quantitative estimate of drug-likeness (QED) is 0.419. The molecule has 0 aromatic heterocycles. The standard InChI is InChI=1S/C17H15FN2O4S2/c18-14-6-2-3-7-15(14)25-10-9-24-17(21)12-20-26(22,23)16-8-4-1-5-13(16)11-19/h1-8,20H,9-10,12H2. The number of nitrogens with one attached hydrogen (secondary N) is 1. The molecule has 0 fully saturated rings. The monoisotopic (exact) mass is 394 g/mol. The summed E-state index contributed by atoms with van der Waals surface area (Å²) in [7, 11) is -4.01. The molecule has 0 aliphatic rings.